The molecule has 1 unspecified atom stereocenters. The zero-order chi connectivity index (χ0) is 18.8. The lowest BCUT2D eigenvalue weighted by molar-refractivity contribution is -0.114. The van der Waals surface area contributed by atoms with Crippen molar-refractivity contribution in [1.82, 2.24) is 14.9 Å². The number of para-hydroxylation sites is 2. The van der Waals surface area contributed by atoms with E-state index in [1.807, 2.05) is 29.2 Å². The number of nitrogens with one attached hydrogen (secondary N) is 2. The minimum atomic E-state index is -0.150. The van der Waals surface area contributed by atoms with Crippen LogP contribution in [0.15, 0.2) is 48.5 Å². The lowest BCUT2D eigenvalue weighted by Crippen LogP contribution is -2.39. The van der Waals surface area contributed by atoms with Gasteiger partial charge in [0.2, 0.25) is 5.91 Å². The van der Waals surface area contributed by atoms with Crippen LogP contribution in [0, 0.1) is 0 Å². The van der Waals surface area contributed by atoms with Crippen molar-refractivity contribution < 1.29 is 9.59 Å². The number of piperidine rings is 1. The van der Waals surface area contributed by atoms with Crippen LogP contribution in [0.4, 0.5) is 5.69 Å². The number of carbonyl (C=O) groups is 2. The van der Waals surface area contributed by atoms with Gasteiger partial charge in [0.25, 0.3) is 5.91 Å². The highest BCUT2D eigenvalue weighted by Crippen LogP contribution is 2.28. The molecular weight excluding hydrogens is 340 g/mol. The molecule has 4 rings (SSSR count). The number of aromatic amines is 1. The highest BCUT2D eigenvalue weighted by atomic mass is 16.2. The fourth-order valence-electron chi connectivity index (χ4n) is 3.67. The number of hydrogen-bond acceptors (Lipinski definition) is 3. The molecule has 6 heteroatoms. The van der Waals surface area contributed by atoms with E-state index in [-0.39, 0.29) is 17.7 Å². The van der Waals surface area contributed by atoms with Crippen LogP contribution in [-0.4, -0.2) is 39.8 Å². The molecule has 1 aromatic heterocycles. The van der Waals surface area contributed by atoms with E-state index in [9.17, 15) is 9.59 Å². The Morgan fingerprint density at radius 3 is 2.85 bits per heavy atom. The molecule has 1 saturated heterocycles. The van der Waals surface area contributed by atoms with Crippen LogP contribution in [0.25, 0.3) is 11.0 Å². The molecular formula is C21H22N4O2. The topological polar surface area (TPSA) is 78.1 Å². The fraction of sp³-hybridized carbons (Fsp3) is 0.286. The van der Waals surface area contributed by atoms with Gasteiger partial charge in [-0.05, 0) is 43.2 Å². The molecule has 0 bridgehead atoms. The Hall–Kier alpha value is -3.15. The van der Waals surface area contributed by atoms with Crippen molar-refractivity contribution in [2.75, 3.05) is 18.4 Å². The summed E-state index contributed by atoms with van der Waals surface area (Å²) >= 11 is 0. The number of likely N-dealkylation sites (tertiary alicyclic amines) is 1. The molecule has 1 fully saturated rings. The largest absolute Gasteiger partial charge is 0.342 e. The number of nitrogens with zero attached hydrogens (tertiary/aromatic N) is 2. The minimum Gasteiger partial charge on any atom is -0.342 e. The third-order valence-corrected chi connectivity index (χ3v) is 4.93. The summed E-state index contributed by atoms with van der Waals surface area (Å²) in [5.41, 5.74) is 3.21. The molecule has 1 atom stereocenters. The first-order valence-corrected chi connectivity index (χ1v) is 9.22. The van der Waals surface area contributed by atoms with Gasteiger partial charge in [0.05, 0.1) is 11.0 Å². The summed E-state index contributed by atoms with van der Waals surface area (Å²) in [4.78, 5) is 34.2. The molecule has 2 amide bonds. The maximum Gasteiger partial charge on any atom is 0.253 e. The lowest BCUT2D eigenvalue weighted by atomic mass is 9.96. The first-order valence-electron chi connectivity index (χ1n) is 9.22. The van der Waals surface area contributed by atoms with Crippen LogP contribution in [0.1, 0.15) is 41.9 Å². The van der Waals surface area contributed by atoms with Crippen molar-refractivity contribution >= 4 is 28.5 Å². The van der Waals surface area contributed by atoms with Gasteiger partial charge in [-0.3, -0.25) is 9.59 Å². The van der Waals surface area contributed by atoms with Crippen LogP contribution in [0.2, 0.25) is 0 Å². The number of benzene rings is 2. The Morgan fingerprint density at radius 2 is 2.04 bits per heavy atom. The summed E-state index contributed by atoms with van der Waals surface area (Å²) in [6, 6.07) is 15.1. The van der Waals surface area contributed by atoms with Crippen LogP contribution < -0.4 is 5.32 Å². The molecule has 2 N–H and O–H groups in total. The fourth-order valence-corrected chi connectivity index (χ4v) is 3.67. The summed E-state index contributed by atoms with van der Waals surface area (Å²) < 4.78 is 0. The number of rotatable bonds is 3. The Kier molecular flexibility index (Phi) is 4.62. The normalized spacial score (nSPS) is 17.1. The van der Waals surface area contributed by atoms with Crippen LogP contribution in [0.3, 0.4) is 0 Å². The Morgan fingerprint density at radius 1 is 1.19 bits per heavy atom. The van der Waals surface area contributed by atoms with Crippen molar-refractivity contribution in [3.05, 3.63) is 59.9 Å². The molecule has 27 heavy (non-hydrogen) atoms. The van der Waals surface area contributed by atoms with Crippen molar-refractivity contribution in [2.24, 2.45) is 0 Å². The lowest BCUT2D eigenvalue weighted by Gasteiger charge is -2.32. The Balaban J connectivity index is 1.52. The summed E-state index contributed by atoms with van der Waals surface area (Å²) in [6.07, 6.45) is 1.95. The van der Waals surface area contributed by atoms with E-state index in [2.05, 4.69) is 10.3 Å². The van der Waals surface area contributed by atoms with Gasteiger partial charge in [0.15, 0.2) is 0 Å². The number of carbonyl (C=O) groups excluding carboxylic acids is 2. The van der Waals surface area contributed by atoms with Crippen molar-refractivity contribution in [2.45, 2.75) is 25.7 Å². The third-order valence-electron chi connectivity index (χ3n) is 4.93. The minimum absolute atomic E-state index is 0.0111. The van der Waals surface area contributed by atoms with E-state index in [0.29, 0.717) is 17.8 Å². The maximum absolute atomic E-state index is 13.0. The van der Waals surface area contributed by atoms with Crippen LogP contribution in [-0.2, 0) is 4.79 Å². The molecule has 1 aliphatic heterocycles. The molecule has 0 saturated carbocycles. The van der Waals surface area contributed by atoms with Crippen molar-refractivity contribution in [3.63, 3.8) is 0 Å². The zero-order valence-electron chi connectivity index (χ0n) is 15.2. The first-order chi connectivity index (χ1) is 13.1. The highest BCUT2D eigenvalue weighted by Gasteiger charge is 2.27. The number of H-pyrrole nitrogens is 1. The highest BCUT2D eigenvalue weighted by molar-refractivity contribution is 5.97. The number of aromatic nitrogens is 2. The monoisotopic (exact) mass is 362 g/mol. The standard InChI is InChI=1S/C21H22N4O2/c1-14(26)22-17-8-4-6-15(12-17)21(27)25-11-5-7-16(13-25)20-23-18-9-2-3-10-19(18)24-20/h2-4,6,8-10,12,16H,5,7,11,13H2,1H3,(H,22,26)(H,23,24). The van der Waals surface area contributed by atoms with Gasteiger partial charge in [-0.15, -0.1) is 0 Å². The molecule has 0 radical (unpaired) electrons. The Labute approximate surface area is 157 Å². The average molecular weight is 362 g/mol. The van der Waals surface area contributed by atoms with Crippen LogP contribution >= 0.6 is 0 Å². The molecule has 2 heterocycles. The average Bonchev–Trinajstić information content (AvgIpc) is 3.11. The van der Waals surface area contributed by atoms with Gasteiger partial charge >= 0.3 is 0 Å². The number of hydrogen-bond donors (Lipinski definition) is 2. The van der Waals surface area contributed by atoms with Gasteiger partial charge in [-0.2, -0.15) is 0 Å². The van der Waals surface area contributed by atoms with Gasteiger partial charge in [-0.1, -0.05) is 18.2 Å². The second kappa shape index (κ2) is 7.23. The summed E-state index contributed by atoms with van der Waals surface area (Å²) in [5.74, 6) is 0.986. The van der Waals surface area contributed by atoms with E-state index in [1.165, 1.54) is 6.92 Å². The molecule has 3 aromatic rings. The predicted octanol–water partition coefficient (Wildman–Crippen LogP) is 3.54. The Bertz CT molecular complexity index is 962. The number of fused-ring (bicyclic) bond motifs is 1. The second-order valence-electron chi connectivity index (χ2n) is 6.99. The van der Waals surface area contributed by atoms with E-state index < -0.39 is 0 Å². The van der Waals surface area contributed by atoms with Crippen molar-refractivity contribution in [3.8, 4) is 0 Å². The van der Waals surface area contributed by atoms with E-state index in [4.69, 9.17) is 4.98 Å². The molecule has 0 aliphatic carbocycles. The molecule has 1 aliphatic rings. The summed E-state index contributed by atoms with van der Waals surface area (Å²) in [7, 11) is 0. The van der Waals surface area contributed by atoms with Gasteiger partial charge in [-0.25, -0.2) is 4.98 Å². The van der Waals surface area contributed by atoms with Gasteiger partial charge in [0, 0.05) is 37.2 Å². The van der Waals surface area contributed by atoms with E-state index >= 15 is 0 Å². The quantitative estimate of drug-likeness (QED) is 0.748. The maximum atomic E-state index is 13.0. The van der Waals surface area contributed by atoms with Gasteiger partial charge in [0.1, 0.15) is 5.82 Å². The van der Waals surface area contributed by atoms with Crippen molar-refractivity contribution in [1.29, 1.82) is 0 Å². The second-order valence-corrected chi connectivity index (χ2v) is 6.99. The third kappa shape index (κ3) is 3.69. The van der Waals surface area contributed by atoms with E-state index in [0.717, 1.165) is 36.2 Å². The number of anilines is 1. The number of imidazole rings is 1. The van der Waals surface area contributed by atoms with E-state index in [1.54, 1.807) is 24.3 Å². The summed E-state index contributed by atoms with van der Waals surface area (Å²) in [5, 5.41) is 2.73. The first kappa shape index (κ1) is 17.3. The predicted molar refractivity (Wildman–Crippen MR) is 105 cm³/mol. The smallest absolute Gasteiger partial charge is 0.253 e. The molecule has 2 aromatic carbocycles. The molecule has 0 spiro atoms. The molecule has 138 valence electrons. The van der Waals surface area contributed by atoms with Gasteiger partial charge < -0.3 is 15.2 Å². The molecule has 6 nitrogen and oxygen atoms in total. The van der Waals surface area contributed by atoms with Crippen LogP contribution in [0.5, 0.6) is 0 Å². The summed E-state index contributed by atoms with van der Waals surface area (Å²) in [6.45, 7) is 2.83. The number of amides is 2. The zero-order valence-corrected chi connectivity index (χ0v) is 15.2. The SMILES string of the molecule is CC(=O)Nc1cccc(C(=O)N2CCCC(c3nc4ccccc4[nH]3)C2)c1.